The van der Waals surface area contributed by atoms with Crippen molar-refractivity contribution in [2.24, 2.45) is 45.3 Å². The number of Topliss-reactive ketones (excluding diaryl/α,β-unsaturated/α-hetero) is 2. The first-order valence-corrected chi connectivity index (χ1v) is 53.1. The van der Waals surface area contributed by atoms with Crippen LogP contribution in [0.1, 0.15) is 177 Å². The minimum absolute atomic E-state index is 0.0774. The van der Waals surface area contributed by atoms with E-state index in [9.17, 15) is 19.8 Å². The second kappa shape index (κ2) is 35.0. The fourth-order valence-electron chi connectivity index (χ4n) is 10.3. The summed E-state index contributed by atoms with van der Waals surface area (Å²) in [4.78, 5) is 26.0. The number of ketones is 2. The molecule has 4 aliphatic carbocycles. The number of benzene rings is 4. The van der Waals surface area contributed by atoms with E-state index in [0.717, 1.165) is 59.1 Å². The number of rotatable bonds is 6. The average molecular weight is 1810 g/mol. The van der Waals surface area contributed by atoms with Crippen LogP contribution in [-0.2, 0) is 40.1 Å². The Morgan fingerprint density at radius 3 is 0.928 bits per heavy atom. The van der Waals surface area contributed by atoms with Crippen LogP contribution in [-0.4, -0.2) is 21.8 Å². The van der Waals surface area contributed by atoms with Crippen LogP contribution in [0.5, 0.6) is 0 Å². The summed E-state index contributed by atoms with van der Waals surface area (Å²) >= 11 is 16.4. The Labute approximate surface area is 510 Å². The van der Waals surface area contributed by atoms with Gasteiger partial charge in [-0.2, -0.15) is 0 Å². The third-order valence-corrected chi connectivity index (χ3v) is 15.4. The number of aliphatic hydroxyl groups is 2. The predicted octanol–water partition coefficient (Wildman–Crippen LogP) is 20.3. The van der Waals surface area contributed by atoms with Crippen molar-refractivity contribution >= 4 is 149 Å². The van der Waals surface area contributed by atoms with Gasteiger partial charge >= 0.3 is 114 Å². The SMILES string of the molecule is CC.CC.CC.CC.CC(C)(C1Cc2ccccc2C1=O)C(C)(C)C1Cc2ccccc2C1=O.CC(C)(C1Cc2ccccc2C1O)C(C)(C)C1Cc2ccccc2C1O.II.[I][V]([I])[I].[I][V][I]. The monoisotopic (exact) mass is 1810 g/mol. The first-order chi connectivity index (χ1) is 32.6. The van der Waals surface area contributed by atoms with Gasteiger partial charge in [-0.3, -0.25) is 9.59 Å². The summed E-state index contributed by atoms with van der Waals surface area (Å²) in [5.74, 6) is 0.637. The standard InChI is InChI=1S/C24H30O2.C24H26O2.4C2H6.I2.5HI.2V/c2*1-23(2,19-13-15-9-5-7-11-17(15)21(19)25)24(3,4)20-14-16-10-6-8-12-18(16)22(20)26;5*1-2;;;;;;;/h5-12,19-22,25-26H,13-14H2,1-4H3;5-12,19-20H,13-14H2,1-4H3;4*1-2H3;;5*1H;;/q;;;;;;;;;;;;+2;+3/p-5. The van der Waals surface area contributed by atoms with Crippen molar-refractivity contribution in [2.75, 3.05) is 0 Å². The molecule has 0 amide bonds. The number of aliphatic hydroxyl groups excluding tert-OH is 2. The normalized spacial score (nSPS) is 20.2. The summed E-state index contributed by atoms with van der Waals surface area (Å²) in [7, 11) is 0.628. The molecule has 4 aromatic carbocycles. The predicted molar refractivity (Wildman–Crippen MR) is 352 cm³/mol. The minimum atomic E-state index is -0.429. The van der Waals surface area contributed by atoms with Crippen LogP contribution < -0.4 is 0 Å². The quantitative estimate of drug-likeness (QED) is 0.189. The van der Waals surface area contributed by atoms with Gasteiger partial charge in [-0.05, 0) is 92.6 Å². The van der Waals surface area contributed by atoms with E-state index >= 15 is 0 Å². The van der Waals surface area contributed by atoms with Gasteiger partial charge in [0.2, 0.25) is 0 Å². The van der Waals surface area contributed by atoms with Crippen LogP contribution in [0.4, 0.5) is 0 Å². The fourth-order valence-corrected chi connectivity index (χ4v) is 10.3. The second-order valence-corrected chi connectivity index (χ2v) is 65.8. The van der Waals surface area contributed by atoms with Crippen LogP contribution in [0, 0.1) is 45.3 Å². The van der Waals surface area contributed by atoms with Crippen molar-refractivity contribution in [3.63, 3.8) is 0 Å². The maximum atomic E-state index is 13.1. The Hall–Kier alpha value is 2.42. The molecule has 387 valence electrons. The van der Waals surface area contributed by atoms with Gasteiger partial charge < -0.3 is 10.2 Å². The van der Waals surface area contributed by atoms with Gasteiger partial charge in [0, 0.05) is 60.2 Å². The molecule has 0 spiro atoms. The summed E-state index contributed by atoms with van der Waals surface area (Å²) in [6.07, 6.45) is 2.51. The third-order valence-electron chi connectivity index (χ3n) is 15.4. The van der Waals surface area contributed by atoms with E-state index in [4.69, 9.17) is 0 Å². The van der Waals surface area contributed by atoms with E-state index in [2.05, 4.69) is 241 Å². The van der Waals surface area contributed by atoms with Crippen molar-refractivity contribution in [3.05, 3.63) is 142 Å². The molecule has 8 rings (SSSR count). The van der Waals surface area contributed by atoms with E-state index < -0.39 is 12.2 Å². The van der Waals surface area contributed by atoms with Gasteiger partial charge in [-0.1, -0.05) is 208 Å². The molecule has 0 aromatic heterocycles. The van der Waals surface area contributed by atoms with Crippen molar-refractivity contribution < 1.29 is 34.2 Å². The van der Waals surface area contributed by atoms with Gasteiger partial charge in [0.25, 0.3) is 0 Å². The van der Waals surface area contributed by atoms with Gasteiger partial charge in [-0.25, -0.2) is 0 Å². The zero-order valence-electron chi connectivity index (χ0n) is 43.8. The molecule has 13 heteroatoms. The molecular formula is C56H80I7O4V2. The first-order valence-electron chi connectivity index (χ1n) is 24.2. The first kappa shape index (κ1) is 71.4. The van der Waals surface area contributed by atoms with Crippen LogP contribution >= 0.6 is 137 Å². The summed E-state index contributed by atoms with van der Waals surface area (Å²) in [5, 5.41) is 22.1. The van der Waals surface area contributed by atoms with Crippen LogP contribution in [0.25, 0.3) is 0 Å². The number of carbonyl (C=O) groups is 2. The molecule has 4 aromatic rings. The van der Waals surface area contributed by atoms with Crippen molar-refractivity contribution in [1.82, 2.24) is 0 Å². The Morgan fingerprint density at radius 1 is 0.449 bits per heavy atom. The molecular weight excluding hydrogens is 1730 g/mol. The Morgan fingerprint density at radius 2 is 0.681 bits per heavy atom. The second-order valence-electron chi connectivity index (χ2n) is 18.6. The van der Waals surface area contributed by atoms with E-state index in [1.165, 1.54) is 11.1 Å². The van der Waals surface area contributed by atoms with Gasteiger partial charge in [0.1, 0.15) is 0 Å². The molecule has 0 fully saturated rings. The fraction of sp³-hybridized carbons (Fsp3) is 0.536. The summed E-state index contributed by atoms with van der Waals surface area (Å²) in [5.41, 5.74) is 7.89. The van der Waals surface area contributed by atoms with E-state index in [1.807, 2.05) is 104 Å². The molecule has 0 radical (unpaired) electrons. The molecule has 4 nitrogen and oxygen atoms in total. The van der Waals surface area contributed by atoms with Crippen LogP contribution in [0.15, 0.2) is 97.1 Å². The third kappa shape index (κ3) is 17.7. The van der Waals surface area contributed by atoms with Gasteiger partial charge in [-0.15, -0.1) is 0 Å². The molecule has 0 saturated carbocycles. The summed E-state index contributed by atoms with van der Waals surface area (Å²) in [6.45, 7) is 33.8. The number of hydrogen-bond donors (Lipinski definition) is 2. The van der Waals surface area contributed by atoms with Crippen molar-refractivity contribution in [1.29, 1.82) is 0 Å². The zero-order valence-corrected chi connectivity index (χ0v) is 61.7. The average Bonchev–Trinajstić information content (AvgIpc) is 4.10. The van der Waals surface area contributed by atoms with Crippen LogP contribution in [0.2, 0.25) is 0 Å². The number of halogens is 7. The molecule has 0 saturated heterocycles. The number of hydrogen-bond acceptors (Lipinski definition) is 4. The topological polar surface area (TPSA) is 74.6 Å². The van der Waals surface area contributed by atoms with E-state index in [1.54, 1.807) is 0 Å². The number of fused-ring (bicyclic) bond motifs is 4. The maximum absolute atomic E-state index is 13.1. The molecule has 69 heavy (non-hydrogen) atoms. The van der Waals surface area contributed by atoms with E-state index in [-0.39, 0.29) is 61.8 Å². The summed E-state index contributed by atoms with van der Waals surface area (Å²) in [6, 6.07) is 32.4. The summed E-state index contributed by atoms with van der Waals surface area (Å²) < 4.78 is 0. The van der Waals surface area contributed by atoms with Crippen LogP contribution in [0.3, 0.4) is 0 Å². The van der Waals surface area contributed by atoms with Gasteiger partial charge in [0.05, 0.1) is 12.2 Å². The van der Waals surface area contributed by atoms with Gasteiger partial charge in [0.15, 0.2) is 11.6 Å². The Balaban J connectivity index is 0.00000102. The number of carbonyl (C=O) groups excluding carboxylic acids is 2. The molecule has 0 heterocycles. The molecule has 6 unspecified atom stereocenters. The molecule has 0 aliphatic heterocycles. The molecule has 6 atom stereocenters. The van der Waals surface area contributed by atoms with Crippen molar-refractivity contribution in [2.45, 2.75) is 149 Å². The Kier molecular flexibility index (Phi) is 36.3. The van der Waals surface area contributed by atoms with E-state index in [0.29, 0.717) is 9.47 Å². The molecule has 0 bridgehead atoms. The Bertz CT molecular complexity index is 1980. The zero-order chi connectivity index (χ0) is 53.7. The molecule has 4 aliphatic rings. The molecule has 2 N–H and O–H groups in total. The van der Waals surface area contributed by atoms with Crippen molar-refractivity contribution in [3.8, 4) is 0 Å².